The van der Waals surface area contributed by atoms with Gasteiger partial charge >= 0.3 is 5.97 Å². The smallest absolute Gasteiger partial charge is 0.321 e. The number of benzene rings is 1. The fourth-order valence-corrected chi connectivity index (χ4v) is 8.63. The highest BCUT2D eigenvalue weighted by Gasteiger charge is 2.46. The third kappa shape index (κ3) is 7.48. The Hall–Kier alpha value is -0.730. The van der Waals surface area contributed by atoms with Crippen LogP contribution in [0.2, 0.25) is 10.0 Å². The van der Waals surface area contributed by atoms with Crippen molar-refractivity contribution in [1.82, 2.24) is 19.6 Å². The zero-order chi connectivity index (χ0) is 28.8. The Labute approximate surface area is 286 Å². The van der Waals surface area contributed by atoms with Gasteiger partial charge in [-0.05, 0) is 113 Å². The van der Waals surface area contributed by atoms with E-state index in [1.165, 1.54) is 48.2 Å². The minimum Gasteiger partial charge on any atom is -0.480 e. The van der Waals surface area contributed by atoms with Crippen molar-refractivity contribution in [2.24, 2.45) is 11.8 Å². The predicted molar refractivity (Wildman–Crippen MR) is 184 cm³/mol. The van der Waals surface area contributed by atoms with Crippen molar-refractivity contribution in [2.75, 3.05) is 26.7 Å². The Bertz CT molecular complexity index is 1230. The molecule has 4 atom stereocenters. The molecule has 6 nitrogen and oxygen atoms in total. The number of likely N-dealkylation sites (tertiary alicyclic amines) is 1. The summed E-state index contributed by atoms with van der Waals surface area (Å²) in [5.74, 6) is 0.0741. The molecule has 1 aromatic carbocycles. The molecule has 3 aliphatic rings. The summed E-state index contributed by atoms with van der Waals surface area (Å²) < 4.78 is 2.31. The molecular formula is C32H49Cl5N4O2. The van der Waals surface area contributed by atoms with E-state index in [9.17, 15) is 9.90 Å². The fourth-order valence-electron chi connectivity index (χ4n) is 8.32. The first-order valence-electron chi connectivity index (χ1n) is 15.3. The molecular weight excluding hydrogens is 650 g/mol. The highest BCUT2D eigenvalue weighted by Crippen LogP contribution is 2.49. The van der Waals surface area contributed by atoms with Crippen LogP contribution in [0.3, 0.4) is 0 Å². The number of nitrogens with zero attached hydrogens (tertiary/aromatic N) is 4. The summed E-state index contributed by atoms with van der Waals surface area (Å²) in [5, 5.41) is 16.1. The maximum atomic E-state index is 12.2. The molecule has 2 aromatic rings. The molecule has 0 amide bonds. The molecule has 0 bridgehead atoms. The average Bonchev–Trinajstić information content (AvgIpc) is 3.61. The molecule has 5 rings (SSSR count). The standard InChI is InChI=1S/C32H46Cl2N4O2.3ClH/c1-6-28-24-10-11-32(30(24)38(7-2)35-28)12-14-37(15-13-32)19-22-16-23(36(5)29(20(3)4)31(39)40)18-25(22)21-8-9-26(33)27(34)17-21;;;/h8-9,17,20,22-23,25,29H,6-7,10-16,18-19H2,1-5H3,(H,39,40);3*1H/t22?,23?,25-,29-;;;/m1.../s1. The first-order chi connectivity index (χ1) is 19.1. The first kappa shape index (κ1) is 38.5. The van der Waals surface area contributed by atoms with Gasteiger partial charge in [-0.25, -0.2) is 0 Å². The number of likely N-dealkylation sites (N-methyl/N-ethyl adjacent to an activating group) is 1. The second kappa shape index (κ2) is 15.7. The molecule has 2 fully saturated rings. The van der Waals surface area contributed by atoms with Gasteiger partial charge in [0.05, 0.1) is 15.7 Å². The molecule has 2 aliphatic carbocycles. The minimum atomic E-state index is -0.734. The third-order valence-electron chi connectivity index (χ3n) is 10.4. The molecule has 2 unspecified atom stereocenters. The van der Waals surface area contributed by atoms with Crippen LogP contribution in [-0.4, -0.2) is 69.4 Å². The molecule has 2 heterocycles. The molecule has 1 saturated carbocycles. The van der Waals surface area contributed by atoms with Crippen LogP contribution >= 0.6 is 60.4 Å². The second-order valence-electron chi connectivity index (χ2n) is 12.9. The van der Waals surface area contributed by atoms with E-state index < -0.39 is 12.0 Å². The minimum absolute atomic E-state index is 0. The zero-order valence-electron chi connectivity index (χ0n) is 26.0. The summed E-state index contributed by atoms with van der Waals surface area (Å²) in [7, 11) is 2.00. The molecule has 1 aliphatic heterocycles. The van der Waals surface area contributed by atoms with Crippen molar-refractivity contribution < 1.29 is 9.90 Å². The van der Waals surface area contributed by atoms with E-state index in [-0.39, 0.29) is 54.6 Å². The average molecular weight is 699 g/mol. The van der Waals surface area contributed by atoms with Crippen molar-refractivity contribution in [3.05, 3.63) is 50.8 Å². The highest BCUT2D eigenvalue weighted by molar-refractivity contribution is 6.42. The number of hydrogen-bond acceptors (Lipinski definition) is 4. The number of piperidine rings is 1. The summed E-state index contributed by atoms with van der Waals surface area (Å²) in [6, 6.07) is 5.79. The van der Waals surface area contributed by atoms with E-state index in [0.717, 1.165) is 45.4 Å². The monoisotopic (exact) mass is 696 g/mol. The number of aromatic nitrogens is 2. The van der Waals surface area contributed by atoms with Gasteiger partial charge in [-0.2, -0.15) is 5.10 Å². The first-order valence-corrected chi connectivity index (χ1v) is 16.0. The Balaban J connectivity index is 0.00000215. The molecule has 1 aromatic heterocycles. The van der Waals surface area contributed by atoms with Gasteiger partial charge in [0.15, 0.2) is 0 Å². The summed E-state index contributed by atoms with van der Waals surface area (Å²) >= 11 is 12.8. The maximum absolute atomic E-state index is 12.2. The van der Waals surface area contributed by atoms with Crippen molar-refractivity contribution >= 4 is 66.4 Å². The van der Waals surface area contributed by atoms with E-state index >= 15 is 0 Å². The van der Waals surface area contributed by atoms with Gasteiger partial charge in [0, 0.05) is 30.2 Å². The SMILES string of the molecule is CCc1nn(CC)c2c1CCC21CCN(CC2CC(N(C)[C@@H](C(=O)O)C(C)C)C[C@@H]2c2ccc(Cl)c(Cl)c2)CC1.Cl.Cl.Cl. The van der Waals surface area contributed by atoms with E-state index in [2.05, 4.69) is 34.4 Å². The summed E-state index contributed by atoms with van der Waals surface area (Å²) in [6.07, 6.45) is 7.76. The number of aryl methyl sites for hydroxylation is 2. The number of carboxylic acid groups (broad SMARTS) is 1. The molecule has 43 heavy (non-hydrogen) atoms. The molecule has 1 N–H and O–H groups in total. The van der Waals surface area contributed by atoms with E-state index in [0.29, 0.717) is 21.9 Å². The normalized spacial score (nSPS) is 23.5. The quantitative estimate of drug-likeness (QED) is 0.289. The number of halogens is 5. The van der Waals surface area contributed by atoms with Crippen LogP contribution in [0.4, 0.5) is 0 Å². The van der Waals surface area contributed by atoms with Crippen LogP contribution in [0.25, 0.3) is 0 Å². The summed E-state index contributed by atoms with van der Waals surface area (Å²) in [6.45, 7) is 12.6. The lowest BCUT2D eigenvalue weighted by Crippen LogP contribution is -2.47. The number of carboxylic acids is 1. The molecule has 1 saturated heterocycles. The Morgan fingerprint density at radius 2 is 1.77 bits per heavy atom. The van der Waals surface area contributed by atoms with Crippen molar-refractivity contribution in [3.8, 4) is 0 Å². The number of aliphatic carboxylic acids is 1. The van der Waals surface area contributed by atoms with Gasteiger partial charge < -0.3 is 10.0 Å². The van der Waals surface area contributed by atoms with Crippen LogP contribution in [0.15, 0.2) is 18.2 Å². The Kier molecular flexibility index (Phi) is 14.0. The van der Waals surface area contributed by atoms with Crippen LogP contribution in [0, 0.1) is 11.8 Å². The van der Waals surface area contributed by atoms with Gasteiger partial charge in [0.25, 0.3) is 0 Å². The lowest BCUT2D eigenvalue weighted by Gasteiger charge is -2.41. The van der Waals surface area contributed by atoms with Crippen molar-refractivity contribution in [1.29, 1.82) is 0 Å². The van der Waals surface area contributed by atoms with Gasteiger partial charge in [0.1, 0.15) is 6.04 Å². The van der Waals surface area contributed by atoms with Crippen LogP contribution in [-0.2, 0) is 29.6 Å². The van der Waals surface area contributed by atoms with E-state index in [4.69, 9.17) is 28.3 Å². The topological polar surface area (TPSA) is 61.6 Å². The van der Waals surface area contributed by atoms with Gasteiger partial charge in [0.2, 0.25) is 0 Å². The number of fused-ring (bicyclic) bond motifs is 2. The lowest BCUT2D eigenvalue weighted by atomic mass is 9.75. The van der Waals surface area contributed by atoms with Crippen LogP contribution in [0.1, 0.15) is 88.2 Å². The number of rotatable bonds is 9. The maximum Gasteiger partial charge on any atom is 0.321 e. The van der Waals surface area contributed by atoms with Gasteiger partial charge in [-0.1, -0.05) is 50.0 Å². The third-order valence-corrected chi connectivity index (χ3v) is 11.1. The number of carbonyl (C=O) groups is 1. The lowest BCUT2D eigenvalue weighted by molar-refractivity contribution is -0.145. The molecule has 244 valence electrons. The Morgan fingerprint density at radius 3 is 2.33 bits per heavy atom. The largest absolute Gasteiger partial charge is 0.480 e. The summed E-state index contributed by atoms with van der Waals surface area (Å²) in [4.78, 5) is 17.0. The molecule has 1 spiro atoms. The Morgan fingerprint density at radius 1 is 1.09 bits per heavy atom. The van der Waals surface area contributed by atoms with Crippen molar-refractivity contribution in [2.45, 2.75) is 103 Å². The predicted octanol–water partition coefficient (Wildman–Crippen LogP) is 7.92. The number of hydrogen-bond donors (Lipinski definition) is 1. The molecule has 11 heteroatoms. The highest BCUT2D eigenvalue weighted by atomic mass is 35.5. The molecule has 0 radical (unpaired) electrons. The summed E-state index contributed by atoms with van der Waals surface area (Å²) in [5.41, 5.74) is 5.88. The van der Waals surface area contributed by atoms with Crippen LogP contribution < -0.4 is 0 Å². The fraction of sp³-hybridized carbons (Fsp3) is 0.688. The van der Waals surface area contributed by atoms with Gasteiger partial charge in [-0.15, -0.1) is 37.2 Å². The zero-order valence-corrected chi connectivity index (χ0v) is 30.0. The van der Waals surface area contributed by atoms with E-state index in [1.807, 2.05) is 33.0 Å². The van der Waals surface area contributed by atoms with E-state index in [1.54, 1.807) is 0 Å². The van der Waals surface area contributed by atoms with Crippen LogP contribution in [0.5, 0.6) is 0 Å². The second-order valence-corrected chi connectivity index (χ2v) is 13.7. The van der Waals surface area contributed by atoms with Gasteiger partial charge in [-0.3, -0.25) is 14.4 Å². The van der Waals surface area contributed by atoms with Crippen molar-refractivity contribution in [3.63, 3.8) is 0 Å².